The van der Waals surface area contributed by atoms with E-state index in [1.54, 1.807) is 37.3 Å². The fraction of sp³-hybridized carbons (Fsp3) is 0.500. The molecule has 3 aliphatic heterocycles. The van der Waals surface area contributed by atoms with E-state index in [1.165, 1.54) is 4.90 Å². The first kappa shape index (κ1) is 19.4. The number of carbonyl (C=O) groups excluding carboxylic acids is 1. The van der Waals surface area contributed by atoms with Gasteiger partial charge in [0.2, 0.25) is 5.79 Å². The molecule has 1 aromatic rings. The van der Waals surface area contributed by atoms with E-state index in [0.29, 0.717) is 6.42 Å². The largest absolute Gasteiger partial charge is 0.451 e. The van der Waals surface area contributed by atoms with Crippen LogP contribution in [0.2, 0.25) is 0 Å². The summed E-state index contributed by atoms with van der Waals surface area (Å²) in [5.41, 5.74) is -1.52. The number of hydrogen-bond donors (Lipinski definition) is 8. The lowest BCUT2D eigenvalue weighted by atomic mass is 9.85. The van der Waals surface area contributed by atoms with Crippen LogP contribution in [0.4, 0.5) is 0 Å². The highest BCUT2D eigenvalue weighted by Crippen LogP contribution is 2.48. The van der Waals surface area contributed by atoms with E-state index in [-0.39, 0.29) is 17.5 Å². The molecule has 5 atom stereocenters. The fourth-order valence-corrected chi connectivity index (χ4v) is 4.68. The maximum atomic E-state index is 12.7. The van der Waals surface area contributed by atoms with Crippen LogP contribution in [0.5, 0.6) is 0 Å². The Bertz CT molecular complexity index is 848. The van der Waals surface area contributed by atoms with Crippen molar-refractivity contribution >= 4 is 17.9 Å². The number of rotatable bonds is 4. The summed E-state index contributed by atoms with van der Waals surface area (Å²) < 4.78 is 5.56. The molecule has 3 saturated heterocycles. The van der Waals surface area contributed by atoms with Crippen molar-refractivity contribution in [2.45, 2.75) is 49.0 Å². The van der Waals surface area contributed by atoms with E-state index in [4.69, 9.17) is 15.6 Å². The molecule has 11 heteroatoms. The number of aliphatic hydroxyl groups is 3. The van der Waals surface area contributed by atoms with Crippen LogP contribution < -0.4 is 16.0 Å². The number of nitrogens with one attached hydrogen (secondary N) is 5. The summed E-state index contributed by atoms with van der Waals surface area (Å²) in [6.45, 7) is 1.36. The van der Waals surface area contributed by atoms with Crippen LogP contribution in [0.1, 0.15) is 23.7 Å². The minimum absolute atomic E-state index is 0.165. The highest BCUT2D eigenvalue weighted by molar-refractivity contribution is 5.90. The van der Waals surface area contributed by atoms with E-state index in [0.717, 1.165) is 0 Å². The van der Waals surface area contributed by atoms with Gasteiger partial charge in [-0.1, -0.05) is 25.1 Å². The van der Waals surface area contributed by atoms with Gasteiger partial charge in [0.05, 0.1) is 30.3 Å². The van der Waals surface area contributed by atoms with Crippen molar-refractivity contribution in [1.82, 2.24) is 20.9 Å². The molecule has 4 rings (SSSR count). The molecule has 156 valence electrons. The molecule has 3 aliphatic rings. The number of benzene rings is 1. The first-order chi connectivity index (χ1) is 13.8. The standard InChI is InChI=1S/C18H24N6O5/c1-2-11-13(29-14(26)9-6-4-3-5-7-9)18(27,28)17-12(22-15(19)23-17)10(8-25)21-16(20)24(11)17/h3-7,10-13,25,27-28H,2,8H2,1H3,(H2,20,21)(H3,19,22,23)/t10-,11+,12?,13-,17?/m0/s1. The number of nitrogens with zero attached hydrogens (tertiary/aromatic N) is 1. The van der Waals surface area contributed by atoms with Crippen molar-refractivity contribution in [1.29, 1.82) is 10.8 Å². The highest BCUT2D eigenvalue weighted by atomic mass is 16.6. The second kappa shape index (κ2) is 6.58. The molecule has 0 aromatic heterocycles. The average molecular weight is 404 g/mol. The number of carbonyl (C=O) groups is 1. The third kappa shape index (κ3) is 2.51. The van der Waals surface area contributed by atoms with Gasteiger partial charge in [-0.05, 0) is 18.6 Å². The zero-order valence-electron chi connectivity index (χ0n) is 15.7. The molecule has 1 spiro atoms. The Morgan fingerprint density at radius 1 is 1.24 bits per heavy atom. The molecule has 0 bridgehead atoms. The van der Waals surface area contributed by atoms with Gasteiger partial charge in [-0.25, -0.2) is 4.79 Å². The van der Waals surface area contributed by atoms with Crippen molar-refractivity contribution in [2.24, 2.45) is 0 Å². The third-order valence-corrected chi connectivity index (χ3v) is 5.91. The van der Waals surface area contributed by atoms with E-state index in [2.05, 4.69) is 16.0 Å². The van der Waals surface area contributed by atoms with Crippen LogP contribution in [0.3, 0.4) is 0 Å². The van der Waals surface area contributed by atoms with Crippen LogP contribution in [0.15, 0.2) is 30.3 Å². The first-order valence-corrected chi connectivity index (χ1v) is 9.37. The number of aliphatic hydroxyl groups excluding tert-OH is 1. The van der Waals surface area contributed by atoms with Crippen molar-refractivity contribution < 1.29 is 24.9 Å². The minimum Gasteiger partial charge on any atom is -0.451 e. The molecular weight excluding hydrogens is 380 g/mol. The molecule has 29 heavy (non-hydrogen) atoms. The smallest absolute Gasteiger partial charge is 0.338 e. The first-order valence-electron chi connectivity index (χ1n) is 9.37. The predicted octanol–water partition coefficient (Wildman–Crippen LogP) is -1.92. The summed E-state index contributed by atoms with van der Waals surface area (Å²) in [7, 11) is 0. The SMILES string of the molecule is CC[C@@H]1[C@H](OC(=O)c2ccccc2)C(O)(O)C23NC(=N)NC2[C@H](CO)NC(=N)N13. The summed E-state index contributed by atoms with van der Waals surface area (Å²) in [5.74, 6) is -3.75. The fourth-order valence-electron chi connectivity index (χ4n) is 4.68. The van der Waals surface area contributed by atoms with E-state index in [9.17, 15) is 20.1 Å². The zero-order chi connectivity index (χ0) is 21.0. The van der Waals surface area contributed by atoms with Gasteiger partial charge >= 0.3 is 5.97 Å². The number of hydrogen-bond acceptors (Lipinski definition) is 7. The van der Waals surface area contributed by atoms with E-state index >= 15 is 0 Å². The van der Waals surface area contributed by atoms with Crippen molar-refractivity contribution in [3.8, 4) is 0 Å². The molecule has 3 heterocycles. The number of ether oxygens (including phenoxy) is 1. The van der Waals surface area contributed by atoms with Gasteiger partial charge in [-0.2, -0.15) is 0 Å². The Kier molecular flexibility index (Phi) is 4.41. The Hall–Kier alpha value is -2.89. The topological polar surface area (TPSA) is 174 Å². The quantitative estimate of drug-likeness (QED) is 0.210. The molecule has 8 N–H and O–H groups in total. The summed E-state index contributed by atoms with van der Waals surface area (Å²) in [6.07, 6.45) is -1.09. The maximum Gasteiger partial charge on any atom is 0.338 e. The summed E-state index contributed by atoms with van der Waals surface area (Å²) >= 11 is 0. The van der Waals surface area contributed by atoms with Crippen molar-refractivity contribution in [3.63, 3.8) is 0 Å². The van der Waals surface area contributed by atoms with Gasteiger partial charge in [0.15, 0.2) is 23.7 Å². The van der Waals surface area contributed by atoms with Crippen LogP contribution >= 0.6 is 0 Å². The van der Waals surface area contributed by atoms with Crippen LogP contribution in [0.25, 0.3) is 0 Å². The predicted molar refractivity (Wildman–Crippen MR) is 101 cm³/mol. The molecule has 1 aromatic carbocycles. The van der Waals surface area contributed by atoms with Crippen LogP contribution in [0, 0.1) is 10.8 Å². The minimum atomic E-state index is -2.67. The molecule has 0 aliphatic carbocycles. The lowest BCUT2D eigenvalue weighted by Gasteiger charge is -2.51. The van der Waals surface area contributed by atoms with Gasteiger partial charge in [0.1, 0.15) is 0 Å². The normalized spacial score (nSPS) is 34.6. The Morgan fingerprint density at radius 3 is 2.55 bits per heavy atom. The molecule has 0 radical (unpaired) electrons. The van der Waals surface area contributed by atoms with Crippen molar-refractivity contribution in [3.05, 3.63) is 35.9 Å². The Morgan fingerprint density at radius 2 is 1.93 bits per heavy atom. The van der Waals surface area contributed by atoms with Gasteiger partial charge in [-0.15, -0.1) is 0 Å². The Balaban J connectivity index is 1.78. The average Bonchev–Trinajstić information content (AvgIpc) is 3.15. The second-order valence-corrected chi connectivity index (χ2v) is 7.43. The van der Waals surface area contributed by atoms with Gasteiger partial charge < -0.3 is 40.9 Å². The molecule has 11 nitrogen and oxygen atoms in total. The lowest BCUT2D eigenvalue weighted by molar-refractivity contribution is -0.259. The second-order valence-electron chi connectivity index (χ2n) is 7.43. The molecule has 0 saturated carbocycles. The Labute approximate surface area is 166 Å². The summed E-state index contributed by atoms with van der Waals surface area (Å²) in [5, 5.41) is 57.1. The molecule has 3 fully saturated rings. The van der Waals surface area contributed by atoms with Crippen molar-refractivity contribution in [2.75, 3.05) is 6.61 Å². The summed E-state index contributed by atoms with van der Waals surface area (Å²) in [6, 6.07) is 5.78. The maximum absolute atomic E-state index is 12.7. The molecule has 0 amide bonds. The van der Waals surface area contributed by atoms with Gasteiger partial charge in [0, 0.05) is 0 Å². The lowest BCUT2D eigenvalue weighted by Crippen LogP contribution is -2.81. The zero-order valence-corrected chi connectivity index (χ0v) is 15.7. The van der Waals surface area contributed by atoms with Gasteiger partial charge in [-0.3, -0.25) is 10.8 Å². The number of guanidine groups is 2. The molecule has 2 unspecified atom stereocenters. The highest BCUT2D eigenvalue weighted by Gasteiger charge is 2.77. The third-order valence-electron chi connectivity index (χ3n) is 5.91. The van der Waals surface area contributed by atoms with Crippen LogP contribution in [-0.2, 0) is 4.74 Å². The van der Waals surface area contributed by atoms with E-state index < -0.39 is 48.3 Å². The van der Waals surface area contributed by atoms with Crippen LogP contribution in [-0.4, -0.2) is 80.4 Å². The summed E-state index contributed by atoms with van der Waals surface area (Å²) in [4.78, 5) is 14.1. The van der Waals surface area contributed by atoms with E-state index in [1.807, 2.05) is 0 Å². The molecular formula is C18H24N6O5. The monoisotopic (exact) mass is 404 g/mol. The number of esters is 1. The van der Waals surface area contributed by atoms with Gasteiger partial charge in [0.25, 0.3) is 0 Å².